The normalized spacial score (nSPS) is 10.4. The summed E-state index contributed by atoms with van der Waals surface area (Å²) in [5.74, 6) is 0.322. The van der Waals surface area contributed by atoms with Crippen LogP contribution in [0.2, 0.25) is 0 Å². The Bertz CT molecular complexity index is 976. The highest BCUT2D eigenvalue weighted by molar-refractivity contribution is 9.11. The van der Waals surface area contributed by atoms with Crippen LogP contribution in [0.15, 0.2) is 75.7 Å². The van der Waals surface area contributed by atoms with Gasteiger partial charge in [-0.1, -0.05) is 46.3 Å². The molecule has 0 heterocycles. The molecule has 0 amide bonds. The van der Waals surface area contributed by atoms with Crippen LogP contribution in [0.5, 0.6) is 11.5 Å². The van der Waals surface area contributed by atoms with Crippen molar-refractivity contribution in [3.8, 4) is 11.5 Å². The van der Waals surface area contributed by atoms with Crippen molar-refractivity contribution >= 4 is 43.6 Å². The van der Waals surface area contributed by atoms with Crippen molar-refractivity contribution < 1.29 is 19.1 Å². The zero-order chi connectivity index (χ0) is 20.1. The number of ketones is 1. The minimum absolute atomic E-state index is 0.0858. The zero-order valence-electron chi connectivity index (χ0n) is 14.9. The van der Waals surface area contributed by atoms with E-state index in [0.29, 0.717) is 22.6 Å². The third-order valence-electron chi connectivity index (χ3n) is 3.91. The molecule has 4 nitrogen and oxygen atoms in total. The van der Waals surface area contributed by atoms with Crippen molar-refractivity contribution in [1.29, 1.82) is 0 Å². The second-order valence-corrected chi connectivity index (χ2v) is 7.79. The molecule has 0 bridgehead atoms. The molecule has 0 aromatic heterocycles. The molecule has 0 fully saturated rings. The molecule has 3 aromatic rings. The van der Waals surface area contributed by atoms with E-state index in [9.17, 15) is 9.59 Å². The van der Waals surface area contributed by atoms with Gasteiger partial charge in [-0.05, 0) is 64.8 Å². The van der Waals surface area contributed by atoms with E-state index < -0.39 is 5.97 Å². The topological polar surface area (TPSA) is 52.6 Å². The Morgan fingerprint density at radius 1 is 0.893 bits per heavy atom. The molecule has 0 radical (unpaired) electrons. The molecule has 0 aliphatic rings. The van der Waals surface area contributed by atoms with Crippen molar-refractivity contribution in [1.82, 2.24) is 0 Å². The van der Waals surface area contributed by atoms with Gasteiger partial charge < -0.3 is 9.47 Å². The van der Waals surface area contributed by atoms with Crippen LogP contribution < -0.4 is 9.47 Å². The van der Waals surface area contributed by atoms with Crippen LogP contribution in [0, 0.1) is 6.92 Å². The maximum Gasteiger partial charge on any atom is 0.349 e. The van der Waals surface area contributed by atoms with E-state index in [1.165, 1.54) is 0 Å². The largest absolute Gasteiger partial charge is 0.480 e. The van der Waals surface area contributed by atoms with Crippen molar-refractivity contribution in [2.75, 3.05) is 6.61 Å². The highest BCUT2D eigenvalue weighted by Gasteiger charge is 2.12. The molecule has 28 heavy (non-hydrogen) atoms. The fourth-order valence-corrected chi connectivity index (χ4v) is 4.15. The van der Waals surface area contributed by atoms with E-state index in [1.54, 1.807) is 36.4 Å². The van der Waals surface area contributed by atoms with Gasteiger partial charge in [0.05, 0.1) is 4.47 Å². The summed E-state index contributed by atoms with van der Waals surface area (Å²) in [5, 5.41) is 0. The van der Waals surface area contributed by atoms with Gasteiger partial charge in [0, 0.05) is 15.6 Å². The van der Waals surface area contributed by atoms with Gasteiger partial charge in [0.25, 0.3) is 0 Å². The highest BCUT2D eigenvalue weighted by Crippen LogP contribution is 2.32. The second-order valence-electron chi connectivity index (χ2n) is 6.02. The molecule has 0 saturated heterocycles. The molecule has 0 spiro atoms. The molecule has 0 aliphatic carbocycles. The van der Waals surface area contributed by atoms with E-state index in [2.05, 4.69) is 31.9 Å². The molecule has 0 aliphatic heterocycles. The number of esters is 1. The summed E-state index contributed by atoms with van der Waals surface area (Å²) in [7, 11) is 0. The predicted molar refractivity (Wildman–Crippen MR) is 114 cm³/mol. The highest BCUT2D eigenvalue weighted by atomic mass is 79.9. The lowest BCUT2D eigenvalue weighted by Gasteiger charge is -2.11. The van der Waals surface area contributed by atoms with Crippen molar-refractivity contribution in [3.63, 3.8) is 0 Å². The molecule has 0 atom stereocenters. The lowest BCUT2D eigenvalue weighted by Crippen LogP contribution is -2.18. The summed E-state index contributed by atoms with van der Waals surface area (Å²) >= 11 is 6.82. The van der Waals surface area contributed by atoms with Crippen molar-refractivity contribution in [2.45, 2.75) is 6.92 Å². The van der Waals surface area contributed by atoms with Gasteiger partial charge in [-0.25, -0.2) is 4.79 Å². The molecule has 3 rings (SSSR count). The van der Waals surface area contributed by atoms with Crippen LogP contribution in [0.4, 0.5) is 0 Å². The average molecular weight is 504 g/mol. The molecule has 3 aromatic carbocycles. The molecular formula is C22H16Br2O4. The Morgan fingerprint density at radius 2 is 1.54 bits per heavy atom. The number of benzene rings is 3. The van der Waals surface area contributed by atoms with E-state index in [4.69, 9.17) is 9.47 Å². The predicted octanol–water partition coefficient (Wildman–Crippen LogP) is 5.74. The summed E-state index contributed by atoms with van der Waals surface area (Å²) < 4.78 is 12.5. The summed E-state index contributed by atoms with van der Waals surface area (Å²) in [4.78, 5) is 24.5. The maximum absolute atomic E-state index is 12.4. The van der Waals surface area contributed by atoms with Crippen LogP contribution in [-0.2, 0) is 4.79 Å². The van der Waals surface area contributed by atoms with Crippen LogP contribution in [-0.4, -0.2) is 18.4 Å². The smallest absolute Gasteiger partial charge is 0.349 e. The molecular weight excluding hydrogens is 488 g/mol. The number of carbonyl (C=O) groups is 2. The van der Waals surface area contributed by atoms with Gasteiger partial charge in [0.2, 0.25) is 0 Å². The van der Waals surface area contributed by atoms with E-state index in [0.717, 1.165) is 14.5 Å². The van der Waals surface area contributed by atoms with Crippen molar-refractivity contribution in [3.05, 3.63) is 92.4 Å². The molecule has 142 valence electrons. The number of aryl methyl sites for hydroxylation is 1. The van der Waals surface area contributed by atoms with Gasteiger partial charge in [0.1, 0.15) is 11.5 Å². The summed E-state index contributed by atoms with van der Waals surface area (Å²) in [5.41, 5.74) is 2.02. The number of carbonyl (C=O) groups excluding carboxylic acids is 2. The molecule has 0 saturated carbocycles. The first kappa shape index (κ1) is 20.3. The Hall–Kier alpha value is -2.44. The van der Waals surface area contributed by atoms with Crippen LogP contribution in [0.25, 0.3) is 0 Å². The third kappa shape index (κ3) is 5.09. The first-order chi connectivity index (χ1) is 13.4. The van der Waals surface area contributed by atoms with Gasteiger partial charge in [-0.2, -0.15) is 0 Å². The van der Waals surface area contributed by atoms with E-state index >= 15 is 0 Å². The molecule has 0 N–H and O–H groups in total. The van der Waals surface area contributed by atoms with Gasteiger partial charge in [-0.3, -0.25) is 4.79 Å². The average Bonchev–Trinajstić information content (AvgIpc) is 2.68. The Labute approximate surface area is 179 Å². The fraction of sp³-hybridized carbons (Fsp3) is 0.0909. The van der Waals surface area contributed by atoms with Crippen LogP contribution >= 0.6 is 31.9 Å². The minimum Gasteiger partial charge on any atom is -0.480 e. The molecule has 6 heteroatoms. The van der Waals surface area contributed by atoms with Gasteiger partial charge in [-0.15, -0.1) is 0 Å². The molecule has 0 unspecified atom stereocenters. The van der Waals surface area contributed by atoms with Gasteiger partial charge in [0.15, 0.2) is 12.4 Å². The minimum atomic E-state index is -0.531. The number of rotatable bonds is 6. The summed E-state index contributed by atoms with van der Waals surface area (Å²) in [6.07, 6.45) is 0. The third-order valence-corrected chi connectivity index (χ3v) is 4.96. The van der Waals surface area contributed by atoms with Crippen LogP contribution in [0.3, 0.4) is 0 Å². The number of hydrogen-bond donors (Lipinski definition) is 0. The lowest BCUT2D eigenvalue weighted by molar-refractivity contribution is -0.136. The number of ether oxygens (including phenoxy) is 2. The van der Waals surface area contributed by atoms with E-state index in [-0.39, 0.29) is 12.4 Å². The summed E-state index contributed by atoms with van der Waals surface area (Å²) in [6, 6.07) is 19.2. The maximum atomic E-state index is 12.4. The van der Waals surface area contributed by atoms with E-state index in [1.807, 2.05) is 37.3 Å². The second kappa shape index (κ2) is 9.17. The standard InChI is InChI=1S/C22H16Br2O4/c1-14-11-17(23)12-19(24)22(14)27-13-20(25)28-18-9-7-16(8-10-18)21(26)15-5-3-2-4-6-15/h2-12H,13H2,1H3. The number of hydrogen-bond acceptors (Lipinski definition) is 4. The first-order valence-corrected chi connectivity index (χ1v) is 10.0. The quantitative estimate of drug-likeness (QED) is 0.244. The Morgan fingerprint density at radius 3 is 2.18 bits per heavy atom. The monoisotopic (exact) mass is 502 g/mol. The lowest BCUT2D eigenvalue weighted by atomic mass is 10.0. The SMILES string of the molecule is Cc1cc(Br)cc(Br)c1OCC(=O)Oc1ccc(C(=O)c2ccccc2)cc1. The van der Waals surface area contributed by atoms with Crippen molar-refractivity contribution in [2.24, 2.45) is 0 Å². The summed E-state index contributed by atoms with van der Waals surface area (Å²) in [6.45, 7) is 1.66. The fourth-order valence-electron chi connectivity index (χ4n) is 2.59. The Kier molecular flexibility index (Phi) is 6.65. The number of halogens is 2. The first-order valence-electron chi connectivity index (χ1n) is 8.43. The van der Waals surface area contributed by atoms with Crippen LogP contribution in [0.1, 0.15) is 21.5 Å². The zero-order valence-corrected chi connectivity index (χ0v) is 18.1. The van der Waals surface area contributed by atoms with Gasteiger partial charge >= 0.3 is 5.97 Å². The Balaban J connectivity index is 1.60.